The van der Waals surface area contributed by atoms with Crippen molar-refractivity contribution in [2.75, 3.05) is 32.6 Å². The van der Waals surface area contributed by atoms with E-state index in [9.17, 15) is 4.79 Å². The lowest BCUT2D eigenvalue weighted by molar-refractivity contribution is 0.0505. The number of amides is 1. The second-order valence-electron chi connectivity index (χ2n) is 8.02. The highest BCUT2D eigenvalue weighted by Crippen LogP contribution is 2.31. The monoisotopic (exact) mass is 476 g/mol. The van der Waals surface area contributed by atoms with Gasteiger partial charge in [0.1, 0.15) is 12.4 Å². The number of pyridine rings is 1. The van der Waals surface area contributed by atoms with Crippen molar-refractivity contribution in [3.63, 3.8) is 0 Å². The average molecular weight is 477 g/mol. The normalized spacial score (nSPS) is 14.4. The second-order valence-corrected chi connectivity index (χ2v) is 9.14. The lowest BCUT2D eigenvalue weighted by Gasteiger charge is -2.31. The van der Waals surface area contributed by atoms with Crippen molar-refractivity contribution in [1.29, 1.82) is 0 Å². The van der Waals surface area contributed by atoms with Gasteiger partial charge in [0.2, 0.25) is 11.8 Å². The summed E-state index contributed by atoms with van der Waals surface area (Å²) in [5.74, 6) is 2.39. The molecule has 1 saturated heterocycles. The van der Waals surface area contributed by atoms with Crippen LogP contribution in [0.5, 0.6) is 17.5 Å². The summed E-state index contributed by atoms with van der Waals surface area (Å²) in [7, 11) is 1.69. The minimum Gasteiger partial charge on any atom is -0.474 e. The molecule has 0 N–H and O–H groups in total. The van der Waals surface area contributed by atoms with Gasteiger partial charge in [0.15, 0.2) is 5.75 Å². The number of ether oxygens (including phenoxy) is 4. The Morgan fingerprint density at radius 1 is 1.18 bits per heavy atom. The summed E-state index contributed by atoms with van der Waals surface area (Å²) < 4.78 is 22.5. The van der Waals surface area contributed by atoms with Crippen molar-refractivity contribution in [3.8, 4) is 17.5 Å². The van der Waals surface area contributed by atoms with Crippen LogP contribution < -0.4 is 9.47 Å². The van der Waals surface area contributed by atoms with Crippen molar-refractivity contribution in [3.05, 3.63) is 29.7 Å². The van der Waals surface area contributed by atoms with Crippen LogP contribution >= 0.6 is 11.8 Å². The van der Waals surface area contributed by atoms with Crippen LogP contribution in [0.2, 0.25) is 0 Å². The lowest BCUT2D eigenvalue weighted by Crippen LogP contribution is -2.42. The summed E-state index contributed by atoms with van der Waals surface area (Å²) in [6, 6.07) is 3.82. The zero-order valence-corrected chi connectivity index (χ0v) is 20.7. The Morgan fingerprint density at radius 3 is 2.58 bits per heavy atom. The number of thioether (sulfide) groups is 1. The number of likely N-dealkylation sites (tertiary alicyclic amines) is 1. The summed E-state index contributed by atoms with van der Waals surface area (Å²) in [4.78, 5) is 27.0. The largest absolute Gasteiger partial charge is 0.474 e. The smallest absolute Gasteiger partial charge is 0.410 e. The molecule has 1 fully saturated rings. The third-order valence-electron chi connectivity index (χ3n) is 5.06. The molecule has 0 atom stereocenters. The molecule has 0 unspecified atom stereocenters. The van der Waals surface area contributed by atoms with E-state index < -0.39 is 0 Å². The number of aryl methyl sites for hydroxylation is 1. The first kappa shape index (κ1) is 25.0. The van der Waals surface area contributed by atoms with Crippen LogP contribution in [0.4, 0.5) is 4.79 Å². The van der Waals surface area contributed by atoms with E-state index in [1.165, 1.54) is 6.33 Å². The maximum absolute atomic E-state index is 12.1. The molecule has 3 rings (SSSR count). The molecule has 1 aliphatic heterocycles. The topological polar surface area (TPSA) is 95.9 Å². The zero-order chi connectivity index (χ0) is 23.8. The lowest BCUT2D eigenvalue weighted by atomic mass is 10.1. The molecule has 9 nitrogen and oxygen atoms in total. The minimum absolute atomic E-state index is 0.0404. The Labute approximate surface area is 199 Å². The van der Waals surface area contributed by atoms with Gasteiger partial charge in [0.05, 0.1) is 29.0 Å². The number of nitrogens with zero attached hydrogens (tertiary/aromatic N) is 4. The Kier molecular flexibility index (Phi) is 9.13. The Hall–Kier alpha value is -2.59. The molecule has 10 heteroatoms. The van der Waals surface area contributed by atoms with Gasteiger partial charge in [-0.05, 0) is 39.8 Å². The first-order valence-electron chi connectivity index (χ1n) is 11.1. The molecular weight excluding hydrogens is 444 g/mol. The van der Waals surface area contributed by atoms with Crippen molar-refractivity contribution in [2.45, 2.75) is 57.8 Å². The van der Waals surface area contributed by atoms with E-state index in [1.807, 2.05) is 39.8 Å². The van der Waals surface area contributed by atoms with Gasteiger partial charge in [-0.15, -0.1) is 11.8 Å². The highest BCUT2D eigenvalue weighted by molar-refractivity contribution is 7.99. The number of carbonyl (C=O) groups is 1. The minimum atomic E-state index is -0.274. The van der Waals surface area contributed by atoms with Gasteiger partial charge in [-0.1, -0.05) is 0 Å². The second kappa shape index (κ2) is 12.0. The molecular formula is C23H32N4O5S. The number of piperidine rings is 1. The highest BCUT2D eigenvalue weighted by atomic mass is 32.2. The molecule has 1 aliphatic rings. The summed E-state index contributed by atoms with van der Waals surface area (Å²) in [6.07, 6.45) is 2.41. The number of rotatable bonds is 9. The molecule has 0 aliphatic carbocycles. The quantitative estimate of drug-likeness (QED) is 0.385. The molecule has 0 saturated carbocycles. The summed E-state index contributed by atoms with van der Waals surface area (Å²) >= 11 is 1.63. The molecule has 0 spiro atoms. The fraction of sp³-hybridized carbons (Fsp3) is 0.565. The highest BCUT2D eigenvalue weighted by Gasteiger charge is 2.26. The van der Waals surface area contributed by atoms with E-state index >= 15 is 0 Å². The van der Waals surface area contributed by atoms with Crippen LogP contribution in [0.1, 0.15) is 37.9 Å². The number of carbonyl (C=O) groups excluding carboxylic acids is 1. The van der Waals surface area contributed by atoms with Crippen molar-refractivity contribution in [2.24, 2.45) is 0 Å². The van der Waals surface area contributed by atoms with E-state index in [4.69, 9.17) is 18.9 Å². The molecule has 0 bridgehead atoms. The Morgan fingerprint density at radius 2 is 1.91 bits per heavy atom. The van der Waals surface area contributed by atoms with Crippen molar-refractivity contribution in [1.82, 2.24) is 19.9 Å². The summed E-state index contributed by atoms with van der Waals surface area (Å²) in [5, 5.41) is 0.920. The van der Waals surface area contributed by atoms with Crippen LogP contribution in [0.25, 0.3) is 0 Å². The van der Waals surface area contributed by atoms with Crippen LogP contribution in [0.3, 0.4) is 0 Å². The van der Waals surface area contributed by atoms with Gasteiger partial charge >= 0.3 is 6.09 Å². The van der Waals surface area contributed by atoms with Crippen molar-refractivity contribution < 1.29 is 23.7 Å². The molecule has 2 aromatic rings. The number of hydrogen-bond donors (Lipinski definition) is 0. The van der Waals surface area contributed by atoms with Gasteiger partial charge in [-0.25, -0.2) is 19.7 Å². The first-order valence-corrected chi connectivity index (χ1v) is 12.1. The predicted molar refractivity (Wildman–Crippen MR) is 125 cm³/mol. The van der Waals surface area contributed by atoms with Gasteiger partial charge < -0.3 is 23.8 Å². The molecule has 3 heterocycles. The summed E-state index contributed by atoms with van der Waals surface area (Å²) in [5.41, 5.74) is 1.50. The first-order chi connectivity index (χ1) is 15.9. The van der Waals surface area contributed by atoms with Gasteiger partial charge in [0, 0.05) is 38.8 Å². The third kappa shape index (κ3) is 7.20. The number of hydrogen-bond acceptors (Lipinski definition) is 9. The molecule has 0 radical (unpaired) electrons. The Bertz CT molecular complexity index is 935. The third-order valence-corrected chi connectivity index (χ3v) is 5.96. The van der Waals surface area contributed by atoms with Crippen molar-refractivity contribution >= 4 is 17.9 Å². The SMILES string of the molecule is COCCSc1ccc(Oc2ncnc(OC3CCN(C(=O)OC(C)C)CC3)c2C)c(C)n1. The van der Waals surface area contributed by atoms with Gasteiger partial charge in [-0.2, -0.15) is 0 Å². The number of aromatic nitrogens is 3. The average Bonchev–Trinajstić information content (AvgIpc) is 2.78. The van der Waals surface area contributed by atoms with E-state index in [0.29, 0.717) is 50.0 Å². The fourth-order valence-corrected chi connectivity index (χ4v) is 4.10. The van der Waals surface area contributed by atoms with Crippen LogP contribution in [0, 0.1) is 13.8 Å². The maximum atomic E-state index is 12.1. The van der Waals surface area contributed by atoms with E-state index in [-0.39, 0.29) is 18.3 Å². The standard InChI is InChI=1S/C23H32N4O5S/c1-15(2)30-23(28)27-10-8-18(9-11-27)31-21-16(3)22(25-14-24-21)32-19-6-7-20(26-17(19)4)33-13-12-29-5/h6-7,14-15,18H,8-13H2,1-5H3. The molecule has 2 aromatic heterocycles. The molecule has 33 heavy (non-hydrogen) atoms. The summed E-state index contributed by atoms with van der Waals surface area (Å²) in [6.45, 7) is 9.32. The predicted octanol–water partition coefficient (Wildman–Crippen LogP) is 4.41. The maximum Gasteiger partial charge on any atom is 0.410 e. The van der Waals surface area contributed by atoms with Gasteiger partial charge in [0.25, 0.3) is 0 Å². The molecule has 180 valence electrons. The van der Waals surface area contributed by atoms with E-state index in [1.54, 1.807) is 23.8 Å². The fourth-order valence-electron chi connectivity index (χ4n) is 3.28. The van der Waals surface area contributed by atoms with Crippen LogP contribution in [-0.2, 0) is 9.47 Å². The molecule has 1 amide bonds. The van der Waals surface area contributed by atoms with Crippen LogP contribution in [-0.4, -0.2) is 70.7 Å². The number of methoxy groups -OCH3 is 1. The van der Waals surface area contributed by atoms with E-state index in [2.05, 4.69) is 15.0 Å². The van der Waals surface area contributed by atoms with E-state index in [0.717, 1.165) is 22.0 Å². The Balaban J connectivity index is 1.59. The zero-order valence-electron chi connectivity index (χ0n) is 19.9. The molecule has 0 aromatic carbocycles. The van der Waals surface area contributed by atoms with Crippen LogP contribution in [0.15, 0.2) is 23.5 Å². The van der Waals surface area contributed by atoms with Gasteiger partial charge in [-0.3, -0.25) is 0 Å².